The van der Waals surface area contributed by atoms with Crippen molar-refractivity contribution in [3.63, 3.8) is 0 Å². The number of nitrogens with zero attached hydrogens (tertiary/aromatic N) is 2. The zero-order chi connectivity index (χ0) is 13.1. The lowest BCUT2D eigenvalue weighted by molar-refractivity contribution is 0.669. The largest absolute Gasteiger partial charge is 0.369 e. The summed E-state index contributed by atoms with van der Waals surface area (Å²) in [5, 5.41) is 3.41. The van der Waals surface area contributed by atoms with Gasteiger partial charge in [-0.3, -0.25) is 0 Å². The lowest BCUT2D eigenvalue weighted by Gasteiger charge is -2.15. The van der Waals surface area contributed by atoms with Crippen molar-refractivity contribution in [2.24, 2.45) is 0 Å². The Labute approximate surface area is 118 Å². The van der Waals surface area contributed by atoms with Gasteiger partial charge in [0.1, 0.15) is 11.6 Å². The minimum atomic E-state index is 0.428. The fourth-order valence-corrected chi connectivity index (χ4v) is 2.51. The molecule has 2 rings (SSSR count). The number of rotatable bonds is 6. The molecule has 1 heterocycles. The molecule has 0 aromatic carbocycles. The summed E-state index contributed by atoms with van der Waals surface area (Å²) in [6.07, 6.45) is 4.72. The van der Waals surface area contributed by atoms with E-state index in [9.17, 15) is 0 Å². The van der Waals surface area contributed by atoms with Gasteiger partial charge in [-0.15, -0.1) is 0 Å². The Morgan fingerprint density at radius 3 is 2.61 bits per heavy atom. The van der Waals surface area contributed by atoms with E-state index in [-0.39, 0.29) is 0 Å². The van der Waals surface area contributed by atoms with E-state index in [1.54, 1.807) is 0 Å². The Bertz CT molecular complexity index is 416. The molecule has 18 heavy (non-hydrogen) atoms. The molecule has 0 saturated heterocycles. The topological polar surface area (TPSA) is 37.8 Å². The maximum absolute atomic E-state index is 4.78. The van der Waals surface area contributed by atoms with Crippen LogP contribution in [0.4, 0.5) is 5.82 Å². The number of hydrogen-bond acceptors (Lipinski definition) is 3. The van der Waals surface area contributed by atoms with Crippen molar-refractivity contribution >= 4 is 21.7 Å². The van der Waals surface area contributed by atoms with Crippen molar-refractivity contribution in [2.75, 3.05) is 11.9 Å². The highest BCUT2D eigenvalue weighted by molar-refractivity contribution is 9.10. The third-order valence-corrected chi connectivity index (χ3v) is 4.24. The van der Waals surface area contributed by atoms with E-state index in [2.05, 4.69) is 47.0 Å². The monoisotopic (exact) mass is 311 g/mol. The van der Waals surface area contributed by atoms with Crippen LogP contribution < -0.4 is 5.32 Å². The molecule has 1 atom stereocenters. The Hall–Kier alpha value is -0.640. The maximum Gasteiger partial charge on any atom is 0.144 e. The van der Waals surface area contributed by atoms with Crippen LogP contribution in [0.5, 0.6) is 0 Å². The van der Waals surface area contributed by atoms with Gasteiger partial charge in [-0.2, -0.15) is 0 Å². The fourth-order valence-electron chi connectivity index (χ4n) is 1.87. The average molecular weight is 312 g/mol. The summed E-state index contributed by atoms with van der Waals surface area (Å²) in [5.41, 5.74) is 1.21. The SMILES string of the molecule is CCCNc1nc(C(C)CC)nc(C2CC2)c1Br. The van der Waals surface area contributed by atoms with Crippen molar-refractivity contribution in [2.45, 2.75) is 58.3 Å². The molecule has 100 valence electrons. The van der Waals surface area contributed by atoms with Crippen LogP contribution in [-0.4, -0.2) is 16.5 Å². The van der Waals surface area contributed by atoms with Crippen molar-refractivity contribution in [1.82, 2.24) is 9.97 Å². The first kappa shape index (κ1) is 13.8. The molecule has 4 heteroatoms. The van der Waals surface area contributed by atoms with E-state index in [1.165, 1.54) is 18.5 Å². The summed E-state index contributed by atoms with van der Waals surface area (Å²) in [6.45, 7) is 7.51. The quantitative estimate of drug-likeness (QED) is 0.843. The third-order valence-electron chi connectivity index (χ3n) is 3.45. The van der Waals surface area contributed by atoms with Gasteiger partial charge in [-0.05, 0) is 41.6 Å². The summed E-state index contributed by atoms with van der Waals surface area (Å²) < 4.78 is 1.07. The summed E-state index contributed by atoms with van der Waals surface area (Å²) in [6, 6.07) is 0. The van der Waals surface area contributed by atoms with Gasteiger partial charge in [0.25, 0.3) is 0 Å². The lowest BCUT2D eigenvalue weighted by atomic mass is 10.1. The molecule has 0 aliphatic heterocycles. The molecule has 0 radical (unpaired) electrons. The Morgan fingerprint density at radius 1 is 1.33 bits per heavy atom. The highest BCUT2D eigenvalue weighted by atomic mass is 79.9. The number of halogens is 1. The molecule has 0 bridgehead atoms. The second-order valence-electron chi connectivity index (χ2n) is 5.14. The molecule has 1 fully saturated rings. The maximum atomic E-state index is 4.78. The summed E-state index contributed by atoms with van der Waals surface area (Å²) >= 11 is 3.67. The van der Waals surface area contributed by atoms with Gasteiger partial charge in [0.15, 0.2) is 0 Å². The highest BCUT2D eigenvalue weighted by Gasteiger charge is 2.29. The van der Waals surface area contributed by atoms with Crippen LogP contribution in [0.25, 0.3) is 0 Å². The number of anilines is 1. The van der Waals surface area contributed by atoms with Gasteiger partial charge < -0.3 is 5.32 Å². The predicted molar refractivity (Wildman–Crippen MR) is 79.2 cm³/mol. The van der Waals surface area contributed by atoms with Crippen LogP contribution in [0.3, 0.4) is 0 Å². The van der Waals surface area contributed by atoms with E-state index in [1.807, 2.05) is 0 Å². The molecule has 0 spiro atoms. The van der Waals surface area contributed by atoms with Crippen LogP contribution in [-0.2, 0) is 0 Å². The minimum Gasteiger partial charge on any atom is -0.369 e. The van der Waals surface area contributed by atoms with Crippen molar-refractivity contribution in [3.05, 3.63) is 16.0 Å². The molecule has 1 saturated carbocycles. The second kappa shape index (κ2) is 6.00. The molecule has 1 N–H and O–H groups in total. The molecule has 3 nitrogen and oxygen atoms in total. The van der Waals surface area contributed by atoms with Gasteiger partial charge in [-0.1, -0.05) is 20.8 Å². The zero-order valence-corrected chi connectivity index (χ0v) is 13.0. The van der Waals surface area contributed by atoms with Crippen LogP contribution in [0.2, 0.25) is 0 Å². The first-order valence-electron chi connectivity index (χ1n) is 6.98. The van der Waals surface area contributed by atoms with Gasteiger partial charge in [0, 0.05) is 18.4 Å². The van der Waals surface area contributed by atoms with Crippen molar-refractivity contribution in [3.8, 4) is 0 Å². The van der Waals surface area contributed by atoms with E-state index in [4.69, 9.17) is 4.98 Å². The van der Waals surface area contributed by atoms with Crippen LogP contribution in [0.15, 0.2) is 4.47 Å². The van der Waals surface area contributed by atoms with Gasteiger partial charge in [0.05, 0.1) is 10.2 Å². The molecule has 0 amide bonds. The Morgan fingerprint density at radius 2 is 2.06 bits per heavy atom. The number of hydrogen-bond donors (Lipinski definition) is 1. The highest BCUT2D eigenvalue weighted by Crippen LogP contribution is 2.44. The minimum absolute atomic E-state index is 0.428. The molecular weight excluding hydrogens is 290 g/mol. The molecular formula is C14H22BrN3. The Kier molecular flexibility index (Phi) is 4.60. The number of nitrogens with one attached hydrogen (secondary N) is 1. The zero-order valence-electron chi connectivity index (χ0n) is 11.5. The Balaban J connectivity index is 2.33. The molecule has 1 aliphatic carbocycles. The predicted octanol–water partition coefficient (Wildman–Crippen LogP) is 4.45. The van der Waals surface area contributed by atoms with E-state index in [0.717, 1.165) is 35.5 Å². The molecule has 1 aromatic rings. The normalized spacial score (nSPS) is 16.7. The molecule has 1 aliphatic rings. The summed E-state index contributed by atoms with van der Waals surface area (Å²) in [7, 11) is 0. The van der Waals surface area contributed by atoms with Gasteiger partial charge in [0.2, 0.25) is 0 Å². The molecule has 1 unspecified atom stereocenters. The molecule has 1 aromatic heterocycles. The van der Waals surface area contributed by atoms with E-state index >= 15 is 0 Å². The van der Waals surface area contributed by atoms with Crippen molar-refractivity contribution in [1.29, 1.82) is 0 Å². The second-order valence-corrected chi connectivity index (χ2v) is 5.93. The van der Waals surface area contributed by atoms with E-state index < -0.39 is 0 Å². The van der Waals surface area contributed by atoms with E-state index in [0.29, 0.717) is 11.8 Å². The standard InChI is InChI=1S/C14H22BrN3/c1-4-8-16-14-11(15)12(10-6-7-10)17-13(18-14)9(3)5-2/h9-10H,4-8H2,1-3H3,(H,16,17,18). The first-order chi connectivity index (χ1) is 8.67. The lowest BCUT2D eigenvalue weighted by Crippen LogP contribution is -2.10. The smallest absolute Gasteiger partial charge is 0.144 e. The average Bonchev–Trinajstić information content (AvgIpc) is 3.21. The van der Waals surface area contributed by atoms with Crippen molar-refractivity contribution < 1.29 is 0 Å². The summed E-state index contributed by atoms with van der Waals surface area (Å²) in [5.74, 6) is 3.04. The summed E-state index contributed by atoms with van der Waals surface area (Å²) in [4.78, 5) is 9.46. The number of aromatic nitrogens is 2. The fraction of sp³-hybridized carbons (Fsp3) is 0.714. The third kappa shape index (κ3) is 3.02. The van der Waals surface area contributed by atoms with Crippen LogP contribution >= 0.6 is 15.9 Å². The van der Waals surface area contributed by atoms with Crippen LogP contribution in [0, 0.1) is 0 Å². The van der Waals surface area contributed by atoms with Crippen LogP contribution in [0.1, 0.15) is 69.8 Å². The first-order valence-corrected chi connectivity index (χ1v) is 7.77. The van der Waals surface area contributed by atoms with Gasteiger partial charge in [-0.25, -0.2) is 9.97 Å². The van der Waals surface area contributed by atoms with Gasteiger partial charge >= 0.3 is 0 Å².